The minimum Gasteiger partial charge on any atom is -0.389 e. The average molecular weight is 252 g/mol. The Balaban J connectivity index is 2.24. The molecule has 0 amide bonds. The van der Waals surface area contributed by atoms with Crippen LogP contribution in [0.4, 0.5) is 5.82 Å². The van der Waals surface area contributed by atoms with Crippen LogP contribution in [0.2, 0.25) is 0 Å². The Morgan fingerprint density at radius 3 is 3.24 bits per heavy atom. The van der Waals surface area contributed by atoms with Gasteiger partial charge in [0, 0.05) is 13.1 Å². The smallest absolute Gasteiger partial charge is 0.161 e. The van der Waals surface area contributed by atoms with Crippen molar-refractivity contribution < 1.29 is 4.74 Å². The SMILES string of the molecule is CCC1CN(c2nnccc2C(N)=S)CCO1. The summed E-state index contributed by atoms with van der Waals surface area (Å²) in [5.41, 5.74) is 6.48. The van der Waals surface area contributed by atoms with Gasteiger partial charge in [0.2, 0.25) is 0 Å². The van der Waals surface area contributed by atoms with Gasteiger partial charge < -0.3 is 15.4 Å². The van der Waals surface area contributed by atoms with Crippen molar-refractivity contribution in [3.8, 4) is 0 Å². The van der Waals surface area contributed by atoms with E-state index in [9.17, 15) is 0 Å². The zero-order chi connectivity index (χ0) is 12.3. The molecule has 2 heterocycles. The summed E-state index contributed by atoms with van der Waals surface area (Å²) in [6.07, 6.45) is 2.83. The first-order valence-corrected chi connectivity index (χ1v) is 6.11. The van der Waals surface area contributed by atoms with E-state index in [0.717, 1.165) is 30.9 Å². The van der Waals surface area contributed by atoms with E-state index >= 15 is 0 Å². The van der Waals surface area contributed by atoms with E-state index < -0.39 is 0 Å². The van der Waals surface area contributed by atoms with E-state index in [0.29, 0.717) is 11.6 Å². The number of hydrogen-bond acceptors (Lipinski definition) is 5. The molecule has 1 aliphatic heterocycles. The summed E-state index contributed by atoms with van der Waals surface area (Å²) in [5.74, 6) is 0.766. The van der Waals surface area contributed by atoms with Crippen molar-refractivity contribution in [2.45, 2.75) is 19.4 Å². The fraction of sp³-hybridized carbons (Fsp3) is 0.545. The molecule has 0 radical (unpaired) electrons. The Hall–Kier alpha value is -1.27. The van der Waals surface area contributed by atoms with Crippen LogP contribution in [0.3, 0.4) is 0 Å². The number of anilines is 1. The Labute approximate surface area is 106 Å². The molecule has 0 bridgehead atoms. The molecular formula is C11H16N4OS. The number of morpholine rings is 1. The van der Waals surface area contributed by atoms with Gasteiger partial charge in [-0.1, -0.05) is 19.1 Å². The van der Waals surface area contributed by atoms with Crippen LogP contribution >= 0.6 is 12.2 Å². The Morgan fingerprint density at radius 2 is 2.53 bits per heavy atom. The van der Waals surface area contributed by atoms with Crippen molar-refractivity contribution >= 4 is 23.0 Å². The number of nitrogens with zero attached hydrogens (tertiary/aromatic N) is 3. The molecule has 1 aromatic rings. The van der Waals surface area contributed by atoms with Crippen LogP contribution in [-0.2, 0) is 4.74 Å². The Bertz CT molecular complexity index is 412. The van der Waals surface area contributed by atoms with E-state index in [1.165, 1.54) is 0 Å². The molecule has 92 valence electrons. The van der Waals surface area contributed by atoms with E-state index in [1.807, 2.05) is 0 Å². The second-order valence-corrected chi connectivity index (χ2v) is 4.42. The molecule has 6 heteroatoms. The third kappa shape index (κ3) is 2.70. The molecule has 2 rings (SSSR count). The molecule has 17 heavy (non-hydrogen) atoms. The molecule has 1 aromatic heterocycles. The van der Waals surface area contributed by atoms with Crippen LogP contribution in [0.25, 0.3) is 0 Å². The predicted molar refractivity (Wildman–Crippen MR) is 70.2 cm³/mol. The average Bonchev–Trinajstić information content (AvgIpc) is 2.39. The van der Waals surface area contributed by atoms with E-state index in [-0.39, 0.29) is 6.10 Å². The summed E-state index contributed by atoms with van der Waals surface area (Å²) in [5, 5.41) is 8.05. The maximum atomic E-state index is 5.69. The van der Waals surface area contributed by atoms with E-state index in [4.69, 9.17) is 22.7 Å². The highest BCUT2D eigenvalue weighted by Gasteiger charge is 2.22. The number of nitrogens with two attached hydrogens (primary N) is 1. The van der Waals surface area contributed by atoms with Gasteiger partial charge in [0.05, 0.1) is 24.5 Å². The van der Waals surface area contributed by atoms with Gasteiger partial charge in [-0.25, -0.2) is 0 Å². The molecule has 1 atom stereocenters. The number of hydrogen-bond donors (Lipinski definition) is 1. The molecule has 5 nitrogen and oxygen atoms in total. The lowest BCUT2D eigenvalue weighted by molar-refractivity contribution is 0.0381. The lowest BCUT2D eigenvalue weighted by atomic mass is 10.2. The van der Waals surface area contributed by atoms with Crippen LogP contribution in [0, 0.1) is 0 Å². The minimum absolute atomic E-state index is 0.241. The molecular weight excluding hydrogens is 236 g/mol. The minimum atomic E-state index is 0.241. The number of ether oxygens (including phenoxy) is 1. The lowest BCUT2D eigenvalue weighted by Crippen LogP contribution is -2.43. The van der Waals surface area contributed by atoms with Crippen molar-refractivity contribution in [3.05, 3.63) is 17.8 Å². The second kappa shape index (κ2) is 5.37. The maximum absolute atomic E-state index is 5.69. The fourth-order valence-electron chi connectivity index (χ4n) is 1.91. The lowest BCUT2D eigenvalue weighted by Gasteiger charge is -2.33. The summed E-state index contributed by atoms with van der Waals surface area (Å²) in [7, 11) is 0. The Morgan fingerprint density at radius 1 is 1.71 bits per heavy atom. The van der Waals surface area contributed by atoms with Crippen LogP contribution in [0.1, 0.15) is 18.9 Å². The first-order valence-electron chi connectivity index (χ1n) is 5.70. The number of aromatic nitrogens is 2. The monoisotopic (exact) mass is 252 g/mol. The quantitative estimate of drug-likeness (QED) is 0.800. The highest BCUT2D eigenvalue weighted by Crippen LogP contribution is 2.19. The van der Waals surface area contributed by atoms with Crippen molar-refractivity contribution in [2.24, 2.45) is 5.73 Å². The first-order chi connectivity index (χ1) is 8.22. The van der Waals surface area contributed by atoms with Gasteiger partial charge in [-0.2, -0.15) is 5.10 Å². The Kier molecular flexibility index (Phi) is 3.86. The van der Waals surface area contributed by atoms with Gasteiger partial charge in [0.15, 0.2) is 5.82 Å². The highest BCUT2D eigenvalue weighted by atomic mass is 32.1. The third-order valence-electron chi connectivity index (χ3n) is 2.86. The molecule has 1 fully saturated rings. The standard InChI is InChI=1S/C11H16N4OS/c1-2-8-7-15(5-6-16-8)11-9(10(12)17)3-4-13-14-11/h3-4,8H,2,5-7H2,1H3,(H2,12,17). The molecule has 0 spiro atoms. The van der Waals surface area contributed by atoms with E-state index in [2.05, 4.69) is 22.0 Å². The van der Waals surface area contributed by atoms with Crippen molar-refractivity contribution in [1.29, 1.82) is 0 Å². The zero-order valence-corrected chi connectivity index (χ0v) is 10.6. The van der Waals surface area contributed by atoms with Crippen LogP contribution < -0.4 is 10.6 Å². The number of thiocarbonyl (C=S) groups is 1. The summed E-state index contributed by atoms with van der Waals surface area (Å²) < 4.78 is 5.63. The molecule has 0 aliphatic carbocycles. The van der Waals surface area contributed by atoms with Crippen LogP contribution in [-0.4, -0.2) is 41.0 Å². The zero-order valence-electron chi connectivity index (χ0n) is 9.80. The summed E-state index contributed by atoms with van der Waals surface area (Å²) in [6, 6.07) is 1.81. The number of rotatable bonds is 3. The normalized spacial score (nSPS) is 20.3. The van der Waals surface area contributed by atoms with Gasteiger partial charge in [0.1, 0.15) is 4.99 Å². The largest absolute Gasteiger partial charge is 0.389 e. The predicted octanol–water partition coefficient (Wildman–Crippen LogP) is 0.726. The molecule has 2 N–H and O–H groups in total. The van der Waals surface area contributed by atoms with Crippen LogP contribution in [0.5, 0.6) is 0 Å². The van der Waals surface area contributed by atoms with E-state index in [1.54, 1.807) is 12.3 Å². The summed E-state index contributed by atoms with van der Waals surface area (Å²) in [4.78, 5) is 2.49. The third-order valence-corrected chi connectivity index (χ3v) is 3.08. The maximum Gasteiger partial charge on any atom is 0.161 e. The molecule has 0 saturated carbocycles. The molecule has 0 aromatic carbocycles. The van der Waals surface area contributed by atoms with Gasteiger partial charge in [-0.05, 0) is 12.5 Å². The van der Waals surface area contributed by atoms with Gasteiger partial charge in [-0.3, -0.25) is 0 Å². The molecule has 1 unspecified atom stereocenters. The summed E-state index contributed by atoms with van der Waals surface area (Å²) >= 11 is 5.03. The summed E-state index contributed by atoms with van der Waals surface area (Å²) in [6.45, 7) is 4.42. The molecule has 1 aliphatic rings. The van der Waals surface area contributed by atoms with Gasteiger partial charge in [0.25, 0.3) is 0 Å². The van der Waals surface area contributed by atoms with Gasteiger partial charge >= 0.3 is 0 Å². The van der Waals surface area contributed by atoms with Crippen LogP contribution in [0.15, 0.2) is 12.3 Å². The van der Waals surface area contributed by atoms with Crippen molar-refractivity contribution in [1.82, 2.24) is 10.2 Å². The molecule has 1 saturated heterocycles. The second-order valence-electron chi connectivity index (χ2n) is 3.98. The fourth-order valence-corrected chi connectivity index (χ4v) is 2.07. The van der Waals surface area contributed by atoms with Crippen molar-refractivity contribution in [3.63, 3.8) is 0 Å². The topological polar surface area (TPSA) is 64.3 Å². The van der Waals surface area contributed by atoms with Gasteiger partial charge in [-0.15, -0.1) is 5.10 Å². The van der Waals surface area contributed by atoms with Crippen molar-refractivity contribution in [2.75, 3.05) is 24.6 Å². The highest BCUT2D eigenvalue weighted by molar-refractivity contribution is 7.80. The first kappa shape index (κ1) is 12.2.